The van der Waals surface area contributed by atoms with Gasteiger partial charge >= 0.3 is 0 Å². The lowest BCUT2D eigenvalue weighted by molar-refractivity contribution is -0.0236. The number of ether oxygens (including phenoxy) is 1. The summed E-state index contributed by atoms with van der Waals surface area (Å²) >= 11 is 0. The van der Waals surface area contributed by atoms with E-state index < -0.39 is 5.60 Å². The predicted molar refractivity (Wildman–Crippen MR) is 72.8 cm³/mol. The SMILES string of the molecule is CC[C@@](O)(c1cccc(OC)c1)[C@H]1CCN(C)C1. The highest BCUT2D eigenvalue weighted by molar-refractivity contribution is 5.33. The first-order chi connectivity index (χ1) is 8.60. The fourth-order valence-corrected chi connectivity index (χ4v) is 2.95. The summed E-state index contributed by atoms with van der Waals surface area (Å²) in [6, 6.07) is 7.83. The van der Waals surface area contributed by atoms with Crippen LogP contribution in [0, 0.1) is 5.92 Å². The molecule has 1 N–H and O–H groups in total. The van der Waals surface area contributed by atoms with Gasteiger partial charge < -0.3 is 14.7 Å². The largest absolute Gasteiger partial charge is 0.497 e. The van der Waals surface area contributed by atoms with Gasteiger partial charge in [-0.2, -0.15) is 0 Å². The third kappa shape index (κ3) is 2.38. The molecule has 2 rings (SSSR count). The highest BCUT2D eigenvalue weighted by Crippen LogP contribution is 2.39. The minimum atomic E-state index is -0.737. The molecule has 3 heteroatoms. The zero-order chi connectivity index (χ0) is 13.2. The molecule has 1 fully saturated rings. The summed E-state index contributed by atoms with van der Waals surface area (Å²) in [5.41, 5.74) is 0.240. The lowest BCUT2D eigenvalue weighted by atomic mass is 9.78. The second-order valence-corrected chi connectivity index (χ2v) is 5.26. The molecular formula is C15H23NO2. The first-order valence-corrected chi connectivity index (χ1v) is 6.65. The van der Waals surface area contributed by atoms with Gasteiger partial charge in [0.1, 0.15) is 5.75 Å². The van der Waals surface area contributed by atoms with E-state index in [0.717, 1.165) is 37.2 Å². The van der Waals surface area contributed by atoms with Crippen LogP contribution in [-0.4, -0.2) is 37.3 Å². The lowest BCUT2D eigenvalue weighted by Crippen LogP contribution is -2.36. The molecule has 1 saturated heterocycles. The molecule has 100 valence electrons. The normalized spacial score (nSPS) is 23.9. The Morgan fingerprint density at radius 2 is 2.28 bits per heavy atom. The van der Waals surface area contributed by atoms with E-state index in [0.29, 0.717) is 5.92 Å². The average Bonchev–Trinajstić information content (AvgIpc) is 2.85. The Morgan fingerprint density at radius 3 is 2.83 bits per heavy atom. The summed E-state index contributed by atoms with van der Waals surface area (Å²) in [5, 5.41) is 11.0. The van der Waals surface area contributed by atoms with Crippen LogP contribution in [-0.2, 0) is 5.60 Å². The van der Waals surface area contributed by atoms with Crippen molar-refractivity contribution in [2.24, 2.45) is 5.92 Å². The molecule has 1 aromatic carbocycles. The summed E-state index contributed by atoms with van der Waals surface area (Å²) in [6.07, 6.45) is 1.79. The molecule has 0 amide bonds. The second-order valence-electron chi connectivity index (χ2n) is 5.26. The molecule has 0 radical (unpaired) electrons. The molecule has 0 bridgehead atoms. The van der Waals surface area contributed by atoms with Gasteiger partial charge in [0.2, 0.25) is 0 Å². The Balaban J connectivity index is 2.30. The van der Waals surface area contributed by atoms with Crippen LogP contribution in [0.2, 0.25) is 0 Å². The number of methoxy groups -OCH3 is 1. The van der Waals surface area contributed by atoms with Gasteiger partial charge in [0.25, 0.3) is 0 Å². The van der Waals surface area contributed by atoms with E-state index in [1.807, 2.05) is 24.3 Å². The van der Waals surface area contributed by atoms with Crippen molar-refractivity contribution in [1.29, 1.82) is 0 Å². The zero-order valence-corrected chi connectivity index (χ0v) is 11.5. The summed E-state index contributed by atoms with van der Waals surface area (Å²) < 4.78 is 5.26. The Hall–Kier alpha value is -1.06. The van der Waals surface area contributed by atoms with E-state index in [1.165, 1.54) is 0 Å². The van der Waals surface area contributed by atoms with Gasteiger partial charge in [-0.05, 0) is 44.1 Å². The highest BCUT2D eigenvalue weighted by atomic mass is 16.5. The molecule has 0 saturated carbocycles. The second kappa shape index (κ2) is 5.29. The van der Waals surface area contributed by atoms with Crippen molar-refractivity contribution in [3.8, 4) is 5.75 Å². The first-order valence-electron chi connectivity index (χ1n) is 6.65. The van der Waals surface area contributed by atoms with Crippen LogP contribution in [0.4, 0.5) is 0 Å². The van der Waals surface area contributed by atoms with Crippen LogP contribution in [0.3, 0.4) is 0 Å². The molecule has 1 aliphatic heterocycles. The molecule has 0 unspecified atom stereocenters. The number of hydrogen-bond acceptors (Lipinski definition) is 3. The molecule has 1 aliphatic rings. The summed E-state index contributed by atoms with van der Waals surface area (Å²) in [6.45, 7) is 4.08. The van der Waals surface area contributed by atoms with Crippen molar-refractivity contribution in [2.75, 3.05) is 27.2 Å². The van der Waals surface area contributed by atoms with E-state index in [-0.39, 0.29) is 0 Å². The van der Waals surface area contributed by atoms with Crippen molar-refractivity contribution in [1.82, 2.24) is 4.90 Å². The maximum atomic E-state index is 11.0. The molecule has 3 nitrogen and oxygen atoms in total. The predicted octanol–water partition coefficient (Wildman–Crippen LogP) is 2.24. The summed E-state index contributed by atoms with van der Waals surface area (Å²) in [7, 11) is 3.77. The number of nitrogens with zero attached hydrogens (tertiary/aromatic N) is 1. The van der Waals surface area contributed by atoms with Gasteiger partial charge in [-0.1, -0.05) is 19.1 Å². The van der Waals surface area contributed by atoms with E-state index in [4.69, 9.17) is 4.74 Å². The topological polar surface area (TPSA) is 32.7 Å². The minimum Gasteiger partial charge on any atom is -0.497 e. The summed E-state index contributed by atoms with van der Waals surface area (Å²) in [4.78, 5) is 2.28. The van der Waals surface area contributed by atoms with Crippen LogP contribution in [0.1, 0.15) is 25.3 Å². The monoisotopic (exact) mass is 249 g/mol. The third-order valence-corrected chi connectivity index (χ3v) is 4.18. The fourth-order valence-electron chi connectivity index (χ4n) is 2.95. The molecular weight excluding hydrogens is 226 g/mol. The van der Waals surface area contributed by atoms with E-state index in [9.17, 15) is 5.11 Å². The maximum Gasteiger partial charge on any atom is 0.119 e. The lowest BCUT2D eigenvalue weighted by Gasteiger charge is -2.34. The van der Waals surface area contributed by atoms with E-state index >= 15 is 0 Å². The maximum absolute atomic E-state index is 11.0. The molecule has 0 aliphatic carbocycles. The standard InChI is InChI=1S/C15H23NO2/c1-4-15(17,13-8-9-16(2)11-13)12-6-5-7-14(10-12)18-3/h5-7,10,13,17H,4,8-9,11H2,1-3H3/t13-,15+/m0/s1. The zero-order valence-electron chi connectivity index (χ0n) is 11.5. The van der Waals surface area contributed by atoms with Crippen LogP contribution in [0.15, 0.2) is 24.3 Å². The molecule has 1 aromatic rings. The van der Waals surface area contributed by atoms with Crippen molar-refractivity contribution < 1.29 is 9.84 Å². The fraction of sp³-hybridized carbons (Fsp3) is 0.600. The first kappa shape index (κ1) is 13.4. The average molecular weight is 249 g/mol. The van der Waals surface area contributed by atoms with E-state index in [2.05, 4.69) is 18.9 Å². The molecule has 0 spiro atoms. The number of rotatable bonds is 4. The van der Waals surface area contributed by atoms with Crippen LogP contribution in [0.25, 0.3) is 0 Å². The van der Waals surface area contributed by atoms with E-state index in [1.54, 1.807) is 7.11 Å². The Bertz CT molecular complexity index is 407. The van der Waals surface area contributed by atoms with Gasteiger partial charge in [0, 0.05) is 12.5 Å². The number of benzene rings is 1. The van der Waals surface area contributed by atoms with Crippen molar-refractivity contribution in [3.63, 3.8) is 0 Å². The van der Waals surface area contributed by atoms with Gasteiger partial charge in [-0.15, -0.1) is 0 Å². The third-order valence-electron chi connectivity index (χ3n) is 4.18. The van der Waals surface area contributed by atoms with Crippen molar-refractivity contribution >= 4 is 0 Å². The van der Waals surface area contributed by atoms with Crippen molar-refractivity contribution in [3.05, 3.63) is 29.8 Å². The Kier molecular flexibility index (Phi) is 3.93. The van der Waals surface area contributed by atoms with Crippen LogP contribution >= 0.6 is 0 Å². The Labute approximate surface area is 109 Å². The highest BCUT2D eigenvalue weighted by Gasteiger charge is 2.40. The molecule has 1 heterocycles. The summed E-state index contributed by atoms with van der Waals surface area (Å²) in [5.74, 6) is 1.12. The quantitative estimate of drug-likeness (QED) is 0.888. The smallest absolute Gasteiger partial charge is 0.119 e. The molecule has 2 atom stereocenters. The Morgan fingerprint density at radius 1 is 1.50 bits per heavy atom. The van der Waals surface area contributed by atoms with Crippen LogP contribution in [0.5, 0.6) is 5.75 Å². The van der Waals surface area contributed by atoms with Crippen molar-refractivity contribution in [2.45, 2.75) is 25.4 Å². The number of hydrogen-bond donors (Lipinski definition) is 1. The van der Waals surface area contributed by atoms with Gasteiger partial charge in [-0.25, -0.2) is 0 Å². The number of likely N-dealkylation sites (tertiary alicyclic amines) is 1. The molecule has 0 aromatic heterocycles. The van der Waals surface area contributed by atoms with Gasteiger partial charge in [0.15, 0.2) is 0 Å². The van der Waals surface area contributed by atoms with Gasteiger partial charge in [-0.3, -0.25) is 0 Å². The van der Waals surface area contributed by atoms with Gasteiger partial charge in [0.05, 0.1) is 12.7 Å². The minimum absolute atomic E-state index is 0.305. The van der Waals surface area contributed by atoms with Crippen LogP contribution < -0.4 is 4.74 Å². The number of aliphatic hydroxyl groups is 1. The molecule has 18 heavy (non-hydrogen) atoms.